The number of hydrogen-bond acceptors (Lipinski definition) is 4. The fourth-order valence-corrected chi connectivity index (χ4v) is 2.99. The summed E-state index contributed by atoms with van der Waals surface area (Å²) in [7, 11) is -2.96. The summed E-state index contributed by atoms with van der Waals surface area (Å²) in [6.45, 7) is 4.17. The standard InChI is InChI=1S/C14H27F3N4O2S/c1-3-18-13(19-7-6-14(15,16)17)20-12-4-8-21(9-5-12)10-11-24(2,22)23/h12H,3-11H2,1-2H3,(H2,18,19,20). The second-order valence-corrected chi connectivity index (χ2v) is 8.28. The molecular weight excluding hydrogens is 345 g/mol. The first-order chi connectivity index (χ1) is 11.1. The number of likely N-dealkylation sites (tertiary alicyclic amines) is 1. The van der Waals surface area contributed by atoms with E-state index >= 15 is 0 Å². The largest absolute Gasteiger partial charge is 0.390 e. The Labute approximate surface area is 141 Å². The van der Waals surface area contributed by atoms with E-state index in [2.05, 4.69) is 20.5 Å². The zero-order chi connectivity index (χ0) is 18.2. The molecule has 1 fully saturated rings. The second kappa shape index (κ2) is 9.45. The molecule has 0 aromatic carbocycles. The summed E-state index contributed by atoms with van der Waals surface area (Å²) in [6, 6.07) is 0.128. The van der Waals surface area contributed by atoms with Gasteiger partial charge in [0.15, 0.2) is 5.96 Å². The third kappa shape index (κ3) is 9.96. The number of sulfone groups is 1. The van der Waals surface area contributed by atoms with Crippen LogP contribution >= 0.6 is 0 Å². The lowest BCUT2D eigenvalue weighted by Crippen LogP contribution is -2.49. The first kappa shape index (κ1) is 21.0. The highest BCUT2D eigenvalue weighted by molar-refractivity contribution is 7.90. The predicted molar refractivity (Wildman–Crippen MR) is 89.0 cm³/mol. The molecule has 0 aromatic rings. The highest BCUT2D eigenvalue weighted by Crippen LogP contribution is 2.19. The van der Waals surface area contributed by atoms with Crippen LogP contribution in [-0.2, 0) is 9.84 Å². The van der Waals surface area contributed by atoms with Gasteiger partial charge in [0.05, 0.1) is 18.7 Å². The average Bonchev–Trinajstić information content (AvgIpc) is 2.44. The highest BCUT2D eigenvalue weighted by atomic mass is 32.2. The zero-order valence-corrected chi connectivity index (χ0v) is 15.0. The van der Waals surface area contributed by atoms with Gasteiger partial charge in [-0.25, -0.2) is 8.42 Å². The van der Waals surface area contributed by atoms with Crippen molar-refractivity contribution in [2.75, 3.05) is 44.7 Å². The molecule has 1 heterocycles. The topological polar surface area (TPSA) is 73.8 Å². The van der Waals surface area contributed by atoms with Crippen molar-refractivity contribution in [2.24, 2.45) is 4.99 Å². The van der Waals surface area contributed by atoms with Crippen LogP contribution in [0.3, 0.4) is 0 Å². The summed E-state index contributed by atoms with van der Waals surface area (Å²) >= 11 is 0. The fourth-order valence-electron chi connectivity index (χ4n) is 2.40. The normalized spacial score (nSPS) is 18.6. The molecule has 0 spiro atoms. The number of nitrogens with zero attached hydrogens (tertiary/aromatic N) is 2. The third-order valence-electron chi connectivity index (χ3n) is 3.72. The number of piperidine rings is 1. The Morgan fingerprint density at radius 2 is 1.92 bits per heavy atom. The number of hydrogen-bond donors (Lipinski definition) is 2. The predicted octanol–water partition coefficient (Wildman–Crippen LogP) is 1.00. The van der Waals surface area contributed by atoms with Crippen molar-refractivity contribution in [1.29, 1.82) is 0 Å². The number of guanidine groups is 1. The van der Waals surface area contributed by atoms with Crippen LogP contribution in [0.1, 0.15) is 26.2 Å². The van der Waals surface area contributed by atoms with Crippen LogP contribution < -0.4 is 10.6 Å². The van der Waals surface area contributed by atoms with Crippen LogP contribution in [0.25, 0.3) is 0 Å². The van der Waals surface area contributed by atoms with Gasteiger partial charge in [-0.05, 0) is 19.8 Å². The minimum atomic E-state index is -4.20. The van der Waals surface area contributed by atoms with Crippen molar-refractivity contribution in [2.45, 2.75) is 38.4 Å². The molecule has 0 bridgehead atoms. The van der Waals surface area contributed by atoms with Crippen molar-refractivity contribution >= 4 is 15.8 Å². The molecule has 6 nitrogen and oxygen atoms in total. The summed E-state index contributed by atoms with van der Waals surface area (Å²) < 4.78 is 58.9. The number of aliphatic imine (C=N–C) groups is 1. The first-order valence-electron chi connectivity index (χ1n) is 8.11. The van der Waals surface area contributed by atoms with Gasteiger partial charge in [-0.3, -0.25) is 4.99 Å². The quantitative estimate of drug-likeness (QED) is 0.515. The van der Waals surface area contributed by atoms with E-state index in [0.717, 1.165) is 25.9 Å². The molecule has 0 radical (unpaired) electrons. The van der Waals surface area contributed by atoms with E-state index in [1.807, 2.05) is 6.92 Å². The Morgan fingerprint density at radius 3 is 2.42 bits per heavy atom. The van der Waals surface area contributed by atoms with Crippen molar-refractivity contribution in [1.82, 2.24) is 15.5 Å². The Morgan fingerprint density at radius 1 is 1.29 bits per heavy atom. The first-order valence-corrected chi connectivity index (χ1v) is 10.2. The van der Waals surface area contributed by atoms with Crippen molar-refractivity contribution in [3.05, 3.63) is 0 Å². The van der Waals surface area contributed by atoms with Crippen LogP contribution in [-0.4, -0.2) is 76.2 Å². The molecular formula is C14H27F3N4O2S. The SMILES string of the molecule is CCNC(=NCCC(F)(F)F)NC1CCN(CCS(C)(=O)=O)CC1. The van der Waals surface area contributed by atoms with Gasteiger partial charge in [0.1, 0.15) is 9.84 Å². The van der Waals surface area contributed by atoms with Gasteiger partial charge < -0.3 is 15.5 Å². The lowest BCUT2D eigenvalue weighted by Gasteiger charge is -2.32. The van der Waals surface area contributed by atoms with Crippen molar-refractivity contribution in [3.63, 3.8) is 0 Å². The Balaban J connectivity index is 2.40. The third-order valence-corrected chi connectivity index (χ3v) is 4.64. The van der Waals surface area contributed by atoms with Gasteiger partial charge in [-0.15, -0.1) is 0 Å². The van der Waals surface area contributed by atoms with E-state index in [1.54, 1.807) is 0 Å². The maximum absolute atomic E-state index is 12.2. The smallest absolute Gasteiger partial charge is 0.357 e. The molecule has 24 heavy (non-hydrogen) atoms. The molecule has 0 unspecified atom stereocenters. The van der Waals surface area contributed by atoms with Crippen LogP contribution in [0.5, 0.6) is 0 Å². The molecule has 0 aromatic heterocycles. The monoisotopic (exact) mass is 372 g/mol. The van der Waals surface area contributed by atoms with Crippen molar-refractivity contribution in [3.8, 4) is 0 Å². The summed E-state index contributed by atoms with van der Waals surface area (Å²) in [5.41, 5.74) is 0. The van der Waals surface area contributed by atoms with Gasteiger partial charge in [0, 0.05) is 38.5 Å². The van der Waals surface area contributed by atoms with E-state index in [1.165, 1.54) is 6.26 Å². The van der Waals surface area contributed by atoms with Gasteiger partial charge in [0.25, 0.3) is 0 Å². The molecule has 1 saturated heterocycles. The highest BCUT2D eigenvalue weighted by Gasteiger charge is 2.26. The molecule has 0 aliphatic carbocycles. The van der Waals surface area contributed by atoms with E-state index in [0.29, 0.717) is 19.0 Å². The molecule has 0 amide bonds. The van der Waals surface area contributed by atoms with E-state index < -0.39 is 22.4 Å². The molecule has 1 aliphatic heterocycles. The summed E-state index contributed by atoms with van der Waals surface area (Å²) in [4.78, 5) is 6.05. The summed E-state index contributed by atoms with van der Waals surface area (Å²) in [5.74, 6) is 0.545. The van der Waals surface area contributed by atoms with E-state index in [9.17, 15) is 21.6 Å². The Hall–Kier alpha value is -1.03. The summed E-state index contributed by atoms with van der Waals surface area (Å²) in [5, 5.41) is 6.11. The number of alkyl halides is 3. The van der Waals surface area contributed by atoms with Gasteiger partial charge in [-0.1, -0.05) is 0 Å². The molecule has 10 heteroatoms. The van der Waals surface area contributed by atoms with Crippen LogP contribution in [0.4, 0.5) is 13.2 Å². The number of halogens is 3. The average molecular weight is 372 g/mol. The Kier molecular flexibility index (Phi) is 8.28. The van der Waals surface area contributed by atoms with E-state index in [4.69, 9.17) is 0 Å². The Bertz CT molecular complexity index is 501. The number of nitrogens with one attached hydrogen (secondary N) is 2. The van der Waals surface area contributed by atoms with Crippen LogP contribution in [0, 0.1) is 0 Å². The maximum atomic E-state index is 12.2. The molecule has 142 valence electrons. The minimum Gasteiger partial charge on any atom is -0.357 e. The lowest BCUT2D eigenvalue weighted by atomic mass is 10.1. The van der Waals surface area contributed by atoms with Gasteiger partial charge in [0.2, 0.25) is 0 Å². The lowest BCUT2D eigenvalue weighted by molar-refractivity contribution is -0.132. The van der Waals surface area contributed by atoms with Gasteiger partial charge in [-0.2, -0.15) is 13.2 Å². The summed E-state index contributed by atoms with van der Waals surface area (Å²) in [6.07, 6.45) is -2.32. The molecule has 1 rings (SSSR count). The van der Waals surface area contributed by atoms with Crippen LogP contribution in [0.15, 0.2) is 4.99 Å². The molecule has 2 N–H and O–H groups in total. The maximum Gasteiger partial charge on any atom is 0.390 e. The fraction of sp³-hybridized carbons (Fsp3) is 0.929. The van der Waals surface area contributed by atoms with E-state index in [-0.39, 0.29) is 18.3 Å². The molecule has 0 atom stereocenters. The van der Waals surface area contributed by atoms with Crippen LogP contribution in [0.2, 0.25) is 0 Å². The second-order valence-electron chi connectivity index (χ2n) is 6.02. The number of rotatable bonds is 7. The minimum absolute atomic E-state index is 0.128. The van der Waals surface area contributed by atoms with Gasteiger partial charge >= 0.3 is 6.18 Å². The molecule has 1 aliphatic rings. The zero-order valence-electron chi connectivity index (χ0n) is 14.2. The van der Waals surface area contributed by atoms with Crippen molar-refractivity contribution < 1.29 is 21.6 Å². The molecule has 0 saturated carbocycles.